The van der Waals surface area contributed by atoms with Gasteiger partial charge in [-0.1, -0.05) is 32.0 Å². The summed E-state index contributed by atoms with van der Waals surface area (Å²) in [6, 6.07) is 9.31. The molecule has 2 aromatic rings. The minimum absolute atomic E-state index is 0.144. The van der Waals surface area contributed by atoms with Gasteiger partial charge in [0.15, 0.2) is 5.11 Å². The van der Waals surface area contributed by atoms with E-state index in [4.69, 9.17) is 12.2 Å². The fourth-order valence-electron chi connectivity index (χ4n) is 2.43. The first-order valence-electron chi connectivity index (χ1n) is 7.59. The van der Waals surface area contributed by atoms with Gasteiger partial charge in [-0.05, 0) is 48.3 Å². The Hall–Kier alpha value is -2.54. The molecule has 126 valence electrons. The summed E-state index contributed by atoms with van der Waals surface area (Å²) in [6.07, 6.45) is 1.66. The van der Waals surface area contributed by atoms with Crippen molar-refractivity contribution in [3.8, 4) is 0 Å². The third kappa shape index (κ3) is 4.05. The molecule has 0 fully saturated rings. The highest BCUT2D eigenvalue weighted by Crippen LogP contribution is 2.26. The second-order valence-corrected chi connectivity index (χ2v) is 5.56. The molecule has 0 bridgehead atoms. The number of nitro groups is 1. The number of hydrogen-bond acceptors (Lipinski definition) is 3. The number of nitro benzene ring substituents is 1. The molecule has 0 heterocycles. The lowest BCUT2D eigenvalue weighted by Gasteiger charge is -2.17. The highest BCUT2D eigenvalue weighted by Gasteiger charge is 2.16. The molecule has 0 unspecified atom stereocenters. The van der Waals surface area contributed by atoms with Crippen molar-refractivity contribution in [2.24, 2.45) is 0 Å². The predicted molar refractivity (Wildman–Crippen MR) is 98.1 cm³/mol. The molecule has 0 saturated heterocycles. The summed E-state index contributed by atoms with van der Waals surface area (Å²) < 4.78 is 13.2. The van der Waals surface area contributed by atoms with Gasteiger partial charge >= 0.3 is 0 Å². The fraction of sp³-hybridized carbons (Fsp3) is 0.235. The quantitative estimate of drug-likeness (QED) is 0.467. The van der Waals surface area contributed by atoms with E-state index < -0.39 is 10.7 Å². The lowest BCUT2D eigenvalue weighted by atomic mass is 10.0. The molecule has 0 radical (unpaired) electrons. The molecule has 5 nitrogen and oxygen atoms in total. The smallest absolute Gasteiger partial charge is 0.295 e. The van der Waals surface area contributed by atoms with Crippen LogP contribution in [0, 0.1) is 15.9 Å². The Kier molecular flexibility index (Phi) is 5.81. The topological polar surface area (TPSA) is 67.2 Å². The number of thiocarbonyl (C=S) groups is 1. The molecule has 0 aliphatic carbocycles. The molecule has 0 aliphatic rings. The van der Waals surface area contributed by atoms with Crippen molar-refractivity contribution >= 4 is 34.4 Å². The molecule has 0 saturated carbocycles. The minimum atomic E-state index is -0.671. The van der Waals surface area contributed by atoms with Gasteiger partial charge in [-0.25, -0.2) is 4.39 Å². The predicted octanol–water partition coefficient (Wildman–Crippen LogP) is 4.67. The Morgan fingerprint density at radius 1 is 1.17 bits per heavy atom. The number of aryl methyl sites for hydroxylation is 2. The zero-order valence-corrected chi connectivity index (χ0v) is 14.2. The molecule has 0 aromatic heterocycles. The number of anilines is 2. The van der Waals surface area contributed by atoms with E-state index in [1.165, 1.54) is 6.07 Å². The summed E-state index contributed by atoms with van der Waals surface area (Å²) >= 11 is 5.27. The van der Waals surface area contributed by atoms with E-state index in [2.05, 4.69) is 10.6 Å². The van der Waals surface area contributed by atoms with Crippen LogP contribution in [0.1, 0.15) is 25.0 Å². The van der Waals surface area contributed by atoms with E-state index >= 15 is 0 Å². The Morgan fingerprint density at radius 2 is 1.79 bits per heavy atom. The lowest BCUT2D eigenvalue weighted by molar-refractivity contribution is -0.384. The zero-order valence-electron chi connectivity index (χ0n) is 13.4. The molecule has 2 rings (SSSR count). The van der Waals surface area contributed by atoms with Crippen molar-refractivity contribution in [1.29, 1.82) is 0 Å². The Morgan fingerprint density at radius 3 is 2.33 bits per heavy atom. The highest BCUT2D eigenvalue weighted by molar-refractivity contribution is 7.80. The van der Waals surface area contributed by atoms with Gasteiger partial charge in [-0.15, -0.1) is 0 Å². The third-order valence-electron chi connectivity index (χ3n) is 3.64. The number of nitrogens with zero attached hydrogens (tertiary/aromatic N) is 1. The SMILES string of the molecule is CCc1cccc(CC)c1NC(=S)Nc1ccc(F)cc1[N+](=O)[O-]. The molecule has 0 aliphatic heterocycles. The molecule has 0 amide bonds. The van der Waals surface area contributed by atoms with Gasteiger partial charge in [-0.3, -0.25) is 10.1 Å². The second kappa shape index (κ2) is 7.83. The van der Waals surface area contributed by atoms with Crippen molar-refractivity contribution in [1.82, 2.24) is 0 Å². The van der Waals surface area contributed by atoms with Gasteiger partial charge in [0.05, 0.1) is 11.0 Å². The molecule has 2 aromatic carbocycles. The zero-order chi connectivity index (χ0) is 17.7. The van der Waals surface area contributed by atoms with Crippen LogP contribution in [0.15, 0.2) is 36.4 Å². The van der Waals surface area contributed by atoms with E-state index in [0.29, 0.717) is 0 Å². The van der Waals surface area contributed by atoms with Crippen LogP contribution in [0.5, 0.6) is 0 Å². The van der Waals surface area contributed by atoms with Crippen molar-refractivity contribution in [2.45, 2.75) is 26.7 Å². The molecular weight excluding hydrogens is 329 g/mol. The first kappa shape index (κ1) is 17.8. The van der Waals surface area contributed by atoms with Crippen LogP contribution in [0.4, 0.5) is 21.5 Å². The number of halogens is 1. The standard InChI is InChI=1S/C17H18FN3O2S/c1-3-11-6-5-7-12(4-2)16(11)20-17(24)19-14-9-8-13(18)10-15(14)21(22)23/h5-10H,3-4H2,1-2H3,(H2,19,20,24). The van der Waals surface area contributed by atoms with Crippen LogP contribution in [-0.2, 0) is 12.8 Å². The van der Waals surface area contributed by atoms with Crippen LogP contribution in [0.25, 0.3) is 0 Å². The first-order chi connectivity index (χ1) is 11.5. The summed E-state index contributed by atoms with van der Waals surface area (Å²) in [4.78, 5) is 10.4. The van der Waals surface area contributed by atoms with Crippen LogP contribution >= 0.6 is 12.2 Å². The van der Waals surface area contributed by atoms with Gasteiger partial charge < -0.3 is 10.6 Å². The van der Waals surface area contributed by atoms with Gasteiger partial charge in [0.1, 0.15) is 11.5 Å². The maximum absolute atomic E-state index is 13.2. The minimum Gasteiger partial charge on any atom is -0.332 e. The Bertz CT molecular complexity index is 758. The van der Waals surface area contributed by atoms with E-state index in [0.717, 1.165) is 41.8 Å². The summed E-state index contributed by atoms with van der Waals surface area (Å²) in [7, 11) is 0. The van der Waals surface area contributed by atoms with Gasteiger partial charge in [0.25, 0.3) is 5.69 Å². The Labute approximate surface area is 145 Å². The first-order valence-corrected chi connectivity index (χ1v) is 7.99. The van der Waals surface area contributed by atoms with Crippen LogP contribution in [0.2, 0.25) is 0 Å². The van der Waals surface area contributed by atoms with Crippen LogP contribution in [0.3, 0.4) is 0 Å². The highest BCUT2D eigenvalue weighted by atomic mass is 32.1. The summed E-state index contributed by atoms with van der Waals surface area (Å²) in [5.41, 5.74) is 2.90. The number of hydrogen-bond donors (Lipinski definition) is 2. The lowest BCUT2D eigenvalue weighted by Crippen LogP contribution is -2.21. The van der Waals surface area contributed by atoms with Crippen molar-refractivity contribution in [3.63, 3.8) is 0 Å². The van der Waals surface area contributed by atoms with Crippen LogP contribution < -0.4 is 10.6 Å². The molecule has 0 spiro atoms. The molecule has 7 heteroatoms. The fourth-order valence-corrected chi connectivity index (χ4v) is 2.64. The number of para-hydroxylation sites is 1. The molecule has 2 N–H and O–H groups in total. The van der Waals surface area contributed by atoms with E-state index in [1.807, 2.05) is 32.0 Å². The van der Waals surface area contributed by atoms with E-state index in [1.54, 1.807) is 0 Å². The average Bonchev–Trinajstić information content (AvgIpc) is 2.56. The van der Waals surface area contributed by atoms with Crippen LogP contribution in [-0.4, -0.2) is 10.0 Å². The van der Waals surface area contributed by atoms with E-state index in [-0.39, 0.29) is 16.5 Å². The van der Waals surface area contributed by atoms with E-state index in [9.17, 15) is 14.5 Å². The maximum atomic E-state index is 13.2. The summed E-state index contributed by atoms with van der Waals surface area (Å²) in [5, 5.41) is 17.2. The molecule has 0 atom stereocenters. The number of benzene rings is 2. The van der Waals surface area contributed by atoms with Crippen molar-refractivity contribution in [2.75, 3.05) is 10.6 Å². The van der Waals surface area contributed by atoms with Gasteiger partial charge in [0.2, 0.25) is 0 Å². The Balaban J connectivity index is 2.25. The van der Waals surface area contributed by atoms with Crippen molar-refractivity contribution in [3.05, 3.63) is 63.5 Å². The molecular formula is C17H18FN3O2S. The molecule has 24 heavy (non-hydrogen) atoms. The van der Waals surface area contributed by atoms with Crippen molar-refractivity contribution < 1.29 is 9.31 Å². The summed E-state index contributed by atoms with van der Waals surface area (Å²) in [5.74, 6) is -0.671. The monoisotopic (exact) mass is 347 g/mol. The maximum Gasteiger partial charge on any atom is 0.295 e. The van der Waals surface area contributed by atoms with Gasteiger partial charge in [-0.2, -0.15) is 0 Å². The largest absolute Gasteiger partial charge is 0.332 e. The second-order valence-electron chi connectivity index (χ2n) is 5.16. The third-order valence-corrected chi connectivity index (χ3v) is 3.85. The summed E-state index contributed by atoms with van der Waals surface area (Å²) in [6.45, 7) is 4.09. The average molecular weight is 347 g/mol. The number of nitrogens with one attached hydrogen (secondary N) is 2. The van der Waals surface area contributed by atoms with Gasteiger partial charge in [0, 0.05) is 5.69 Å². The normalized spacial score (nSPS) is 10.3. The number of rotatable bonds is 5.